The zero-order valence-electron chi connectivity index (χ0n) is 7.52. The third-order valence-electron chi connectivity index (χ3n) is 1.58. The second-order valence-electron chi connectivity index (χ2n) is 2.93. The van der Waals surface area contributed by atoms with Gasteiger partial charge in [-0.3, -0.25) is 4.90 Å². The van der Waals surface area contributed by atoms with E-state index >= 15 is 0 Å². The smallest absolute Gasteiger partial charge is 0.00412 e. The van der Waals surface area contributed by atoms with E-state index in [0.717, 1.165) is 6.54 Å². The van der Waals surface area contributed by atoms with Crippen LogP contribution in [0.4, 0.5) is 0 Å². The topological polar surface area (TPSA) is 3.24 Å². The molecule has 0 spiro atoms. The molecule has 0 aliphatic rings. The predicted octanol–water partition coefficient (Wildman–Crippen LogP) is 1.94. The first-order valence-electron chi connectivity index (χ1n) is 3.64. The van der Waals surface area contributed by atoms with Gasteiger partial charge in [-0.05, 0) is 41.2 Å². The van der Waals surface area contributed by atoms with Crippen molar-refractivity contribution >= 4 is 0 Å². The monoisotopic (exact) mass is 308 g/mol. The molecule has 0 fully saturated rings. The van der Waals surface area contributed by atoms with E-state index in [2.05, 4.69) is 39.5 Å². The molecule has 0 heterocycles. The Hall–Kier alpha value is 0.830. The van der Waals surface area contributed by atoms with Crippen LogP contribution in [0.2, 0.25) is 0 Å². The SMILES string of the molecule is [CH2]CN(C(C)C)C(C)C.[Hf]. The van der Waals surface area contributed by atoms with Gasteiger partial charge in [0, 0.05) is 37.9 Å². The summed E-state index contributed by atoms with van der Waals surface area (Å²) in [6, 6.07) is 1.25. The zero-order chi connectivity index (χ0) is 7.44. The molecule has 0 aromatic heterocycles. The zero-order valence-corrected chi connectivity index (χ0v) is 11.1. The maximum absolute atomic E-state index is 3.85. The molecular weight excluding hydrogens is 289 g/mol. The summed E-state index contributed by atoms with van der Waals surface area (Å²) >= 11 is 0. The van der Waals surface area contributed by atoms with Crippen molar-refractivity contribution in [3.8, 4) is 0 Å². The molecule has 0 aromatic rings. The van der Waals surface area contributed by atoms with Crippen LogP contribution in [0.5, 0.6) is 0 Å². The van der Waals surface area contributed by atoms with Crippen molar-refractivity contribution in [2.45, 2.75) is 39.8 Å². The Morgan fingerprint density at radius 3 is 1.40 bits per heavy atom. The van der Waals surface area contributed by atoms with Crippen molar-refractivity contribution < 1.29 is 25.8 Å². The summed E-state index contributed by atoms with van der Waals surface area (Å²) in [6.45, 7) is 13.6. The second kappa shape index (κ2) is 6.53. The molecule has 0 saturated carbocycles. The standard InChI is InChI=1S/C8H18N.Hf/c1-6-9(7(2)3)8(4)5;/h7-8H,1,6H2,2-5H3;. The van der Waals surface area contributed by atoms with E-state index in [4.69, 9.17) is 0 Å². The normalized spacial score (nSPS) is 10.8. The second-order valence-corrected chi connectivity index (χ2v) is 2.93. The Morgan fingerprint density at radius 1 is 1.10 bits per heavy atom. The van der Waals surface area contributed by atoms with Crippen molar-refractivity contribution in [2.75, 3.05) is 6.54 Å². The first kappa shape index (κ1) is 13.4. The van der Waals surface area contributed by atoms with Crippen LogP contribution in [0.3, 0.4) is 0 Å². The van der Waals surface area contributed by atoms with Gasteiger partial charge in [0.2, 0.25) is 0 Å². The molecule has 1 radical (unpaired) electrons. The number of hydrogen-bond acceptors (Lipinski definition) is 1. The molecule has 0 N–H and O–H groups in total. The molecule has 0 amide bonds. The van der Waals surface area contributed by atoms with Gasteiger partial charge in [0.15, 0.2) is 0 Å². The van der Waals surface area contributed by atoms with Crippen LogP contribution >= 0.6 is 0 Å². The third-order valence-corrected chi connectivity index (χ3v) is 1.58. The van der Waals surface area contributed by atoms with Gasteiger partial charge in [-0.15, -0.1) is 0 Å². The number of nitrogens with zero attached hydrogens (tertiary/aromatic N) is 1. The molecule has 1 nitrogen and oxygen atoms in total. The summed E-state index contributed by atoms with van der Waals surface area (Å²) in [6.07, 6.45) is 0. The summed E-state index contributed by atoms with van der Waals surface area (Å²) in [5, 5.41) is 0. The van der Waals surface area contributed by atoms with E-state index in [0.29, 0.717) is 12.1 Å². The molecule has 0 aromatic carbocycles. The van der Waals surface area contributed by atoms with Crippen molar-refractivity contribution in [1.82, 2.24) is 4.90 Å². The van der Waals surface area contributed by atoms with Crippen molar-refractivity contribution in [3.05, 3.63) is 6.92 Å². The van der Waals surface area contributed by atoms with Crippen molar-refractivity contribution in [1.29, 1.82) is 0 Å². The van der Waals surface area contributed by atoms with Gasteiger partial charge in [0.05, 0.1) is 0 Å². The summed E-state index contributed by atoms with van der Waals surface area (Å²) in [7, 11) is 0. The summed E-state index contributed by atoms with van der Waals surface area (Å²) < 4.78 is 0. The van der Waals surface area contributed by atoms with E-state index in [1.54, 1.807) is 0 Å². The van der Waals surface area contributed by atoms with Crippen LogP contribution in [0.15, 0.2) is 0 Å². The number of rotatable bonds is 3. The maximum Gasteiger partial charge on any atom is 0.00412 e. The van der Waals surface area contributed by atoms with E-state index in [1.807, 2.05) is 0 Å². The van der Waals surface area contributed by atoms with Gasteiger partial charge in [-0.25, -0.2) is 0 Å². The Labute approximate surface area is 84.0 Å². The average Bonchev–Trinajstić information content (AvgIpc) is 1.64. The predicted molar refractivity (Wildman–Crippen MR) is 42.3 cm³/mol. The summed E-state index contributed by atoms with van der Waals surface area (Å²) in [5.74, 6) is 0. The average molecular weight is 307 g/mol. The van der Waals surface area contributed by atoms with Gasteiger partial charge >= 0.3 is 0 Å². The Bertz CT molecular complexity index is 63.7. The molecule has 0 saturated heterocycles. The van der Waals surface area contributed by atoms with Gasteiger partial charge in [-0.2, -0.15) is 0 Å². The molecule has 0 bridgehead atoms. The molecule has 0 unspecified atom stereocenters. The van der Waals surface area contributed by atoms with Crippen LogP contribution in [0.1, 0.15) is 27.7 Å². The maximum atomic E-state index is 3.85. The van der Waals surface area contributed by atoms with Gasteiger partial charge < -0.3 is 0 Å². The van der Waals surface area contributed by atoms with E-state index in [9.17, 15) is 0 Å². The van der Waals surface area contributed by atoms with Crippen LogP contribution in [-0.4, -0.2) is 23.5 Å². The molecule has 2 heteroatoms. The van der Waals surface area contributed by atoms with Crippen LogP contribution < -0.4 is 0 Å². The van der Waals surface area contributed by atoms with E-state index in [-0.39, 0.29) is 25.8 Å². The Balaban J connectivity index is 0. The van der Waals surface area contributed by atoms with Gasteiger partial charge in [-0.1, -0.05) is 0 Å². The minimum atomic E-state index is 0. The molecule has 10 heavy (non-hydrogen) atoms. The van der Waals surface area contributed by atoms with Gasteiger partial charge in [0.1, 0.15) is 0 Å². The summed E-state index contributed by atoms with van der Waals surface area (Å²) in [5.41, 5.74) is 0. The number of hydrogen-bond donors (Lipinski definition) is 0. The fourth-order valence-electron chi connectivity index (χ4n) is 1.11. The first-order valence-corrected chi connectivity index (χ1v) is 3.64. The Morgan fingerprint density at radius 2 is 1.40 bits per heavy atom. The Kier molecular flexibility index (Phi) is 8.77. The third kappa shape index (κ3) is 4.62. The molecule has 0 aliphatic carbocycles. The van der Waals surface area contributed by atoms with Crippen molar-refractivity contribution in [2.24, 2.45) is 0 Å². The molecular formula is C8H18HfN. The molecule has 0 rings (SSSR count). The van der Waals surface area contributed by atoms with E-state index < -0.39 is 0 Å². The van der Waals surface area contributed by atoms with Crippen molar-refractivity contribution in [3.63, 3.8) is 0 Å². The first-order chi connectivity index (χ1) is 4.09. The van der Waals surface area contributed by atoms with Crippen LogP contribution in [-0.2, 0) is 25.8 Å². The summed E-state index contributed by atoms with van der Waals surface area (Å²) in [4.78, 5) is 2.35. The van der Waals surface area contributed by atoms with Crippen LogP contribution in [0, 0.1) is 6.92 Å². The molecule has 0 aliphatic heterocycles. The fraction of sp³-hybridized carbons (Fsp3) is 0.875. The van der Waals surface area contributed by atoms with Gasteiger partial charge in [0.25, 0.3) is 0 Å². The molecule has 0 atom stereocenters. The molecule has 59 valence electrons. The fourth-order valence-corrected chi connectivity index (χ4v) is 1.11. The van der Waals surface area contributed by atoms with E-state index in [1.165, 1.54) is 0 Å². The largest absolute Gasteiger partial charge is 0.299 e. The minimum Gasteiger partial charge on any atom is -0.299 e. The quantitative estimate of drug-likeness (QED) is 0.720. The minimum absolute atomic E-state index is 0. The van der Waals surface area contributed by atoms with Crippen LogP contribution in [0.25, 0.3) is 0 Å².